The minimum Gasteiger partial charge on any atom is -0.496 e. The molecule has 1 heteroatoms. The maximum absolute atomic E-state index is 5.30. The molecule has 0 N–H and O–H groups in total. The van der Waals surface area contributed by atoms with E-state index < -0.39 is 0 Å². The molecule has 0 atom stereocenters. The summed E-state index contributed by atoms with van der Waals surface area (Å²) in [6.45, 7) is 8.55. The molecule has 0 unspecified atom stereocenters. The average molecular weight is 230 g/mol. The standard InChI is InChI=1S/C16H22O/c1-6-12(2)8-7-9-15-10-11-16(17-5)14(4)13(15)3/h7-11H,6H2,1-5H3. The number of rotatable bonds is 4. The van der Waals surface area contributed by atoms with Gasteiger partial charge in [-0.3, -0.25) is 0 Å². The second kappa shape index (κ2) is 6.29. The van der Waals surface area contributed by atoms with Gasteiger partial charge in [0.05, 0.1) is 7.11 Å². The Kier molecular flexibility index (Phi) is 5.02. The van der Waals surface area contributed by atoms with E-state index in [1.807, 2.05) is 6.07 Å². The van der Waals surface area contributed by atoms with Crippen LogP contribution >= 0.6 is 0 Å². The van der Waals surface area contributed by atoms with E-state index in [2.05, 4.69) is 52.0 Å². The fourth-order valence-electron chi connectivity index (χ4n) is 1.65. The van der Waals surface area contributed by atoms with Crippen LogP contribution in [-0.4, -0.2) is 7.11 Å². The lowest BCUT2D eigenvalue weighted by atomic mass is 10.0. The Hall–Kier alpha value is -1.50. The van der Waals surface area contributed by atoms with E-state index in [-0.39, 0.29) is 0 Å². The summed E-state index contributed by atoms with van der Waals surface area (Å²) in [5, 5.41) is 0. The summed E-state index contributed by atoms with van der Waals surface area (Å²) >= 11 is 0. The second-order valence-corrected chi connectivity index (χ2v) is 4.33. The van der Waals surface area contributed by atoms with Gasteiger partial charge in [0, 0.05) is 0 Å². The number of hydrogen-bond donors (Lipinski definition) is 0. The third-order valence-electron chi connectivity index (χ3n) is 3.21. The van der Waals surface area contributed by atoms with Crippen LogP contribution in [-0.2, 0) is 0 Å². The molecule has 92 valence electrons. The highest BCUT2D eigenvalue weighted by atomic mass is 16.5. The third kappa shape index (κ3) is 3.48. The highest BCUT2D eigenvalue weighted by Gasteiger charge is 2.03. The summed E-state index contributed by atoms with van der Waals surface area (Å²) in [6, 6.07) is 4.13. The van der Waals surface area contributed by atoms with E-state index in [4.69, 9.17) is 4.74 Å². The summed E-state index contributed by atoms with van der Waals surface area (Å²) in [5.74, 6) is 0.958. The summed E-state index contributed by atoms with van der Waals surface area (Å²) in [5.41, 5.74) is 5.14. The average Bonchev–Trinajstić information content (AvgIpc) is 2.34. The Labute approximate surface area is 105 Å². The molecule has 17 heavy (non-hydrogen) atoms. The molecule has 1 rings (SSSR count). The number of benzene rings is 1. The molecule has 0 heterocycles. The molecular weight excluding hydrogens is 208 g/mol. The van der Waals surface area contributed by atoms with E-state index in [0.29, 0.717) is 0 Å². The van der Waals surface area contributed by atoms with Gasteiger partial charge < -0.3 is 4.74 Å². The zero-order chi connectivity index (χ0) is 12.8. The SMILES string of the molecule is CCC(C)=CC=Cc1ccc(OC)c(C)c1C. The van der Waals surface area contributed by atoms with Crippen LogP contribution in [0.5, 0.6) is 5.75 Å². The predicted molar refractivity (Wildman–Crippen MR) is 75.6 cm³/mol. The minimum atomic E-state index is 0.958. The highest BCUT2D eigenvalue weighted by molar-refractivity contribution is 5.59. The lowest BCUT2D eigenvalue weighted by Crippen LogP contribution is -1.92. The van der Waals surface area contributed by atoms with Gasteiger partial charge in [-0.1, -0.05) is 36.8 Å². The van der Waals surface area contributed by atoms with E-state index in [1.54, 1.807) is 7.11 Å². The smallest absolute Gasteiger partial charge is 0.122 e. The van der Waals surface area contributed by atoms with Gasteiger partial charge in [-0.2, -0.15) is 0 Å². The van der Waals surface area contributed by atoms with Crippen molar-refractivity contribution < 1.29 is 4.74 Å². The lowest BCUT2D eigenvalue weighted by Gasteiger charge is -2.09. The number of hydrogen-bond acceptors (Lipinski definition) is 1. The van der Waals surface area contributed by atoms with Crippen LogP contribution in [0.15, 0.2) is 29.9 Å². The van der Waals surface area contributed by atoms with Crippen LogP contribution in [0.1, 0.15) is 37.0 Å². The monoisotopic (exact) mass is 230 g/mol. The van der Waals surface area contributed by atoms with E-state index in [9.17, 15) is 0 Å². The van der Waals surface area contributed by atoms with Crippen molar-refractivity contribution in [2.75, 3.05) is 7.11 Å². The summed E-state index contributed by atoms with van der Waals surface area (Å²) in [4.78, 5) is 0. The molecule has 0 spiro atoms. The minimum absolute atomic E-state index is 0.958. The molecule has 0 fully saturated rings. The molecule has 0 aromatic heterocycles. The van der Waals surface area contributed by atoms with Gasteiger partial charge in [-0.05, 0) is 49.9 Å². The molecule has 0 saturated carbocycles. The first-order chi connectivity index (χ1) is 8.10. The quantitative estimate of drug-likeness (QED) is 0.682. The van der Waals surface area contributed by atoms with Crippen LogP contribution in [0.3, 0.4) is 0 Å². The van der Waals surface area contributed by atoms with Crippen molar-refractivity contribution in [3.8, 4) is 5.75 Å². The Morgan fingerprint density at radius 2 is 1.94 bits per heavy atom. The molecule has 0 saturated heterocycles. The maximum Gasteiger partial charge on any atom is 0.122 e. The van der Waals surface area contributed by atoms with Crippen LogP contribution < -0.4 is 4.74 Å². The molecular formula is C16H22O. The molecule has 0 amide bonds. The van der Waals surface area contributed by atoms with Crippen molar-refractivity contribution in [2.45, 2.75) is 34.1 Å². The highest BCUT2D eigenvalue weighted by Crippen LogP contribution is 2.24. The van der Waals surface area contributed by atoms with Crippen molar-refractivity contribution in [3.05, 3.63) is 46.5 Å². The van der Waals surface area contributed by atoms with Gasteiger partial charge in [-0.15, -0.1) is 0 Å². The number of ether oxygens (including phenoxy) is 1. The summed E-state index contributed by atoms with van der Waals surface area (Å²) < 4.78 is 5.30. The topological polar surface area (TPSA) is 9.23 Å². The first-order valence-electron chi connectivity index (χ1n) is 6.08. The van der Waals surface area contributed by atoms with E-state index in [0.717, 1.165) is 12.2 Å². The largest absolute Gasteiger partial charge is 0.496 e. The zero-order valence-electron chi connectivity index (χ0n) is 11.5. The van der Waals surface area contributed by atoms with Crippen molar-refractivity contribution in [1.82, 2.24) is 0 Å². The molecule has 1 nitrogen and oxygen atoms in total. The second-order valence-electron chi connectivity index (χ2n) is 4.33. The Morgan fingerprint density at radius 3 is 2.53 bits per heavy atom. The zero-order valence-corrected chi connectivity index (χ0v) is 11.5. The van der Waals surface area contributed by atoms with Gasteiger partial charge >= 0.3 is 0 Å². The van der Waals surface area contributed by atoms with Crippen LogP contribution in [0, 0.1) is 13.8 Å². The summed E-state index contributed by atoms with van der Waals surface area (Å²) in [6.07, 6.45) is 7.54. The number of allylic oxidation sites excluding steroid dienone is 3. The fourth-order valence-corrected chi connectivity index (χ4v) is 1.65. The van der Waals surface area contributed by atoms with Gasteiger partial charge in [-0.25, -0.2) is 0 Å². The van der Waals surface area contributed by atoms with Gasteiger partial charge in [0.25, 0.3) is 0 Å². The van der Waals surface area contributed by atoms with Crippen LogP contribution in [0.2, 0.25) is 0 Å². The predicted octanol–water partition coefficient (Wildman–Crippen LogP) is 4.68. The Morgan fingerprint density at radius 1 is 1.24 bits per heavy atom. The number of methoxy groups -OCH3 is 1. The van der Waals surface area contributed by atoms with Crippen molar-refractivity contribution in [2.24, 2.45) is 0 Å². The molecule has 1 aromatic carbocycles. The van der Waals surface area contributed by atoms with Crippen LogP contribution in [0.4, 0.5) is 0 Å². The van der Waals surface area contributed by atoms with Gasteiger partial charge in [0.1, 0.15) is 5.75 Å². The first-order valence-corrected chi connectivity index (χ1v) is 6.08. The maximum atomic E-state index is 5.30. The Balaban J connectivity index is 2.97. The Bertz CT molecular complexity index is 439. The summed E-state index contributed by atoms with van der Waals surface area (Å²) in [7, 11) is 1.71. The van der Waals surface area contributed by atoms with E-state index in [1.165, 1.54) is 22.3 Å². The van der Waals surface area contributed by atoms with E-state index >= 15 is 0 Å². The molecule has 0 radical (unpaired) electrons. The molecule has 0 bridgehead atoms. The third-order valence-corrected chi connectivity index (χ3v) is 3.21. The molecule has 0 aliphatic heterocycles. The van der Waals surface area contributed by atoms with Crippen molar-refractivity contribution in [1.29, 1.82) is 0 Å². The van der Waals surface area contributed by atoms with Gasteiger partial charge in [0.2, 0.25) is 0 Å². The first kappa shape index (κ1) is 13.6. The molecule has 0 aliphatic rings. The molecule has 1 aromatic rings. The van der Waals surface area contributed by atoms with Crippen molar-refractivity contribution >= 4 is 6.08 Å². The molecule has 0 aliphatic carbocycles. The normalized spacial score (nSPS) is 12.2. The van der Waals surface area contributed by atoms with Crippen molar-refractivity contribution in [3.63, 3.8) is 0 Å². The fraction of sp³-hybridized carbons (Fsp3) is 0.375. The van der Waals surface area contributed by atoms with Gasteiger partial charge in [0.15, 0.2) is 0 Å². The lowest BCUT2D eigenvalue weighted by molar-refractivity contribution is 0.411. The van der Waals surface area contributed by atoms with Crippen LogP contribution in [0.25, 0.3) is 6.08 Å².